The predicted octanol–water partition coefficient (Wildman–Crippen LogP) is 8.93. The lowest BCUT2D eigenvalue weighted by Crippen LogP contribution is -1.92. The second-order valence-corrected chi connectivity index (χ2v) is 8.78. The lowest BCUT2D eigenvalue weighted by molar-refractivity contribution is 0.620. The Bertz CT molecular complexity index is 1840. The van der Waals surface area contributed by atoms with Crippen LogP contribution in [0.3, 0.4) is 0 Å². The molecule has 2 heteroatoms. The van der Waals surface area contributed by atoms with Crippen LogP contribution < -0.4 is 0 Å². The minimum atomic E-state index is 0.657. The number of rotatable bonds is 2. The van der Waals surface area contributed by atoms with Crippen molar-refractivity contribution in [3.63, 3.8) is 0 Å². The Kier molecular flexibility index (Phi) is 4.09. The van der Waals surface area contributed by atoms with E-state index < -0.39 is 0 Å². The van der Waals surface area contributed by atoms with Crippen LogP contribution in [0.15, 0.2) is 114 Å². The first-order chi connectivity index (χ1) is 16.8. The Morgan fingerprint density at radius 2 is 1.03 bits per heavy atom. The summed E-state index contributed by atoms with van der Waals surface area (Å²) in [5, 5.41) is 7.49. The van der Waals surface area contributed by atoms with Crippen molar-refractivity contribution in [1.82, 2.24) is 4.98 Å². The second kappa shape index (κ2) is 7.29. The van der Waals surface area contributed by atoms with Gasteiger partial charge in [-0.25, -0.2) is 4.98 Å². The highest BCUT2D eigenvalue weighted by Crippen LogP contribution is 2.43. The van der Waals surface area contributed by atoms with E-state index in [4.69, 9.17) is 9.40 Å². The molecular weight excluding hydrogens is 414 g/mol. The molecule has 0 spiro atoms. The summed E-state index contributed by atoms with van der Waals surface area (Å²) in [6, 6.07) is 38.3. The van der Waals surface area contributed by atoms with Crippen LogP contribution in [0.25, 0.3) is 66.0 Å². The van der Waals surface area contributed by atoms with E-state index in [9.17, 15) is 0 Å². The number of fused-ring (bicyclic) bond motifs is 5. The Hall–Kier alpha value is -4.43. The fraction of sp³-hybridized carbons (Fsp3) is 0.0312. The molecule has 160 valence electrons. The molecule has 0 atom stereocenters. The number of hydrogen-bond donors (Lipinski definition) is 0. The van der Waals surface area contributed by atoms with Crippen LogP contribution in [0.1, 0.15) is 5.56 Å². The number of aryl methyl sites for hydroxylation is 1. The number of nitrogens with zero attached hydrogens (tertiary/aromatic N) is 1. The van der Waals surface area contributed by atoms with Gasteiger partial charge in [-0.3, -0.25) is 0 Å². The van der Waals surface area contributed by atoms with Crippen molar-refractivity contribution in [2.75, 3.05) is 0 Å². The van der Waals surface area contributed by atoms with Gasteiger partial charge in [-0.05, 0) is 74.1 Å². The molecule has 0 fully saturated rings. The third kappa shape index (κ3) is 2.72. The molecule has 2 nitrogen and oxygen atoms in total. The van der Waals surface area contributed by atoms with Gasteiger partial charge in [-0.2, -0.15) is 0 Å². The normalized spacial score (nSPS) is 11.7. The average molecular weight is 436 g/mol. The van der Waals surface area contributed by atoms with Gasteiger partial charge in [-0.15, -0.1) is 0 Å². The molecule has 0 amide bonds. The van der Waals surface area contributed by atoms with Crippen LogP contribution in [0, 0.1) is 6.92 Å². The van der Waals surface area contributed by atoms with Crippen molar-refractivity contribution in [1.29, 1.82) is 0 Å². The number of hydrogen-bond acceptors (Lipinski definition) is 2. The molecule has 0 saturated heterocycles. The van der Waals surface area contributed by atoms with Crippen LogP contribution in [-0.4, -0.2) is 4.98 Å². The molecule has 0 aliphatic carbocycles. The smallest absolute Gasteiger partial charge is 0.227 e. The van der Waals surface area contributed by atoms with Gasteiger partial charge in [0.1, 0.15) is 5.52 Å². The van der Waals surface area contributed by atoms with E-state index in [-0.39, 0.29) is 0 Å². The van der Waals surface area contributed by atoms with E-state index in [1.165, 1.54) is 43.6 Å². The first-order valence-corrected chi connectivity index (χ1v) is 11.6. The van der Waals surface area contributed by atoms with Gasteiger partial charge in [-0.1, -0.05) is 91.0 Å². The summed E-state index contributed by atoms with van der Waals surface area (Å²) in [4.78, 5) is 4.78. The summed E-state index contributed by atoms with van der Waals surface area (Å²) in [5.41, 5.74) is 6.51. The maximum atomic E-state index is 6.15. The number of oxazole rings is 1. The van der Waals surface area contributed by atoms with Crippen molar-refractivity contribution < 1.29 is 4.42 Å². The van der Waals surface area contributed by atoms with E-state index in [0.717, 1.165) is 22.0 Å². The number of aromatic nitrogens is 1. The second-order valence-electron chi connectivity index (χ2n) is 8.78. The van der Waals surface area contributed by atoms with Crippen LogP contribution in [0.5, 0.6) is 0 Å². The van der Waals surface area contributed by atoms with Crippen LogP contribution in [0.4, 0.5) is 0 Å². The molecule has 6 aromatic carbocycles. The summed E-state index contributed by atoms with van der Waals surface area (Å²) in [6.07, 6.45) is 0. The van der Waals surface area contributed by atoms with Gasteiger partial charge in [0, 0.05) is 5.56 Å². The Labute approximate surface area is 197 Å². The predicted molar refractivity (Wildman–Crippen MR) is 142 cm³/mol. The molecule has 1 heterocycles. The summed E-state index contributed by atoms with van der Waals surface area (Å²) in [5.74, 6) is 0.657. The maximum Gasteiger partial charge on any atom is 0.227 e. The molecule has 0 bridgehead atoms. The van der Waals surface area contributed by atoms with Crippen molar-refractivity contribution in [2.24, 2.45) is 0 Å². The molecule has 0 unspecified atom stereocenters. The first-order valence-electron chi connectivity index (χ1n) is 11.6. The van der Waals surface area contributed by atoms with E-state index >= 15 is 0 Å². The Balaban J connectivity index is 1.57. The lowest BCUT2D eigenvalue weighted by Gasteiger charge is -2.17. The third-order valence-corrected chi connectivity index (χ3v) is 6.91. The fourth-order valence-electron chi connectivity index (χ4n) is 5.36. The summed E-state index contributed by atoms with van der Waals surface area (Å²) >= 11 is 0. The zero-order valence-electron chi connectivity index (χ0n) is 18.7. The van der Waals surface area contributed by atoms with Crippen LogP contribution in [-0.2, 0) is 0 Å². The largest absolute Gasteiger partial charge is 0.436 e. The molecule has 34 heavy (non-hydrogen) atoms. The number of para-hydroxylation sites is 2. The standard InChI is InChI=1S/C32H21NO/c1-20-21-10-2-3-11-22(21)23-12-6-7-15-26(23)31(20)27-18-19-28(25-14-5-4-13-24(25)27)32-33-29-16-8-9-17-30(29)34-32/h2-19H,1H3. The lowest BCUT2D eigenvalue weighted by atomic mass is 9.86. The highest BCUT2D eigenvalue weighted by atomic mass is 16.3. The molecule has 7 rings (SSSR count). The van der Waals surface area contributed by atoms with Gasteiger partial charge < -0.3 is 4.42 Å². The van der Waals surface area contributed by atoms with Crippen LogP contribution >= 0.6 is 0 Å². The molecule has 0 saturated carbocycles. The molecule has 1 aromatic heterocycles. The van der Waals surface area contributed by atoms with Gasteiger partial charge in [0.05, 0.1) is 0 Å². The fourth-order valence-corrected chi connectivity index (χ4v) is 5.36. The van der Waals surface area contributed by atoms with Crippen LogP contribution in [0.2, 0.25) is 0 Å². The van der Waals surface area contributed by atoms with E-state index in [2.05, 4.69) is 91.9 Å². The molecule has 0 N–H and O–H groups in total. The summed E-state index contributed by atoms with van der Waals surface area (Å²) in [7, 11) is 0. The Morgan fingerprint density at radius 1 is 0.500 bits per heavy atom. The van der Waals surface area contributed by atoms with Gasteiger partial charge in [0.15, 0.2) is 5.58 Å². The van der Waals surface area contributed by atoms with Crippen molar-refractivity contribution in [3.05, 3.63) is 115 Å². The first kappa shape index (κ1) is 19.1. The van der Waals surface area contributed by atoms with Gasteiger partial charge in [0.25, 0.3) is 0 Å². The van der Waals surface area contributed by atoms with E-state index in [0.29, 0.717) is 5.89 Å². The van der Waals surface area contributed by atoms with Gasteiger partial charge in [0.2, 0.25) is 5.89 Å². The topological polar surface area (TPSA) is 26.0 Å². The summed E-state index contributed by atoms with van der Waals surface area (Å²) in [6.45, 7) is 2.24. The van der Waals surface area contributed by atoms with E-state index in [1.54, 1.807) is 0 Å². The summed E-state index contributed by atoms with van der Waals surface area (Å²) < 4.78 is 6.15. The highest BCUT2D eigenvalue weighted by Gasteiger charge is 2.18. The molecular formula is C32H21NO. The van der Waals surface area contributed by atoms with Crippen molar-refractivity contribution >= 4 is 43.4 Å². The minimum absolute atomic E-state index is 0.657. The number of benzene rings is 6. The third-order valence-electron chi connectivity index (χ3n) is 6.91. The zero-order valence-corrected chi connectivity index (χ0v) is 18.7. The molecule has 0 aliphatic rings. The zero-order chi connectivity index (χ0) is 22.6. The van der Waals surface area contributed by atoms with Crippen molar-refractivity contribution in [2.45, 2.75) is 6.92 Å². The average Bonchev–Trinajstić information content (AvgIpc) is 3.33. The van der Waals surface area contributed by atoms with Gasteiger partial charge >= 0.3 is 0 Å². The Morgan fingerprint density at radius 3 is 1.76 bits per heavy atom. The minimum Gasteiger partial charge on any atom is -0.436 e. The molecule has 0 radical (unpaired) electrons. The quantitative estimate of drug-likeness (QED) is 0.253. The maximum absolute atomic E-state index is 6.15. The van der Waals surface area contributed by atoms with E-state index in [1.807, 2.05) is 24.3 Å². The van der Waals surface area contributed by atoms with Crippen molar-refractivity contribution in [3.8, 4) is 22.6 Å². The SMILES string of the molecule is Cc1c(-c2ccc(-c3nc4ccccc4o3)c3ccccc23)c2ccccc2c2ccccc12. The monoisotopic (exact) mass is 435 g/mol. The highest BCUT2D eigenvalue weighted by molar-refractivity contribution is 6.18. The molecule has 7 aromatic rings. The molecule has 0 aliphatic heterocycles.